The predicted octanol–water partition coefficient (Wildman–Crippen LogP) is 3.62. The number of rotatable bonds is 3. The minimum atomic E-state index is 0.251. The molecule has 0 aliphatic carbocycles. The van der Waals surface area contributed by atoms with Crippen LogP contribution < -0.4 is 5.32 Å². The molecule has 1 aromatic heterocycles. The van der Waals surface area contributed by atoms with E-state index < -0.39 is 0 Å². The van der Waals surface area contributed by atoms with Crippen LogP contribution in [0.15, 0.2) is 10.4 Å². The largest absolute Gasteiger partial charge is 0.356 e. The molecule has 0 saturated heterocycles. The molecule has 5 heteroatoms. The van der Waals surface area contributed by atoms with E-state index in [0.717, 1.165) is 21.6 Å². The molecule has 1 aliphatic rings. The molecule has 0 radical (unpaired) electrons. The van der Waals surface area contributed by atoms with Gasteiger partial charge < -0.3 is 5.32 Å². The van der Waals surface area contributed by atoms with Gasteiger partial charge in [-0.2, -0.15) is 0 Å². The summed E-state index contributed by atoms with van der Waals surface area (Å²) in [5, 5.41) is 7.82. The van der Waals surface area contributed by atoms with Crippen LogP contribution in [0.1, 0.15) is 43.9 Å². The monoisotopic (exact) mass is 283 g/mol. The summed E-state index contributed by atoms with van der Waals surface area (Å²) in [7, 11) is 0. The van der Waals surface area contributed by atoms with E-state index in [2.05, 4.69) is 36.5 Å². The van der Waals surface area contributed by atoms with E-state index in [4.69, 9.17) is 4.99 Å². The zero-order chi connectivity index (χ0) is 13.1. The number of aromatic nitrogens is 1. The van der Waals surface area contributed by atoms with Crippen molar-refractivity contribution in [3.63, 3.8) is 0 Å². The second-order valence-electron chi connectivity index (χ2n) is 5.08. The van der Waals surface area contributed by atoms with Gasteiger partial charge in [0.2, 0.25) is 0 Å². The molecule has 0 fully saturated rings. The molecule has 0 saturated carbocycles. The van der Waals surface area contributed by atoms with Crippen LogP contribution in [0.5, 0.6) is 0 Å². The summed E-state index contributed by atoms with van der Waals surface area (Å²) in [5.41, 5.74) is 1.10. The first-order chi connectivity index (χ1) is 8.56. The van der Waals surface area contributed by atoms with Crippen LogP contribution >= 0.6 is 23.1 Å². The topological polar surface area (TPSA) is 37.3 Å². The van der Waals surface area contributed by atoms with Crippen LogP contribution in [0.3, 0.4) is 0 Å². The Morgan fingerprint density at radius 1 is 1.39 bits per heavy atom. The third-order valence-electron chi connectivity index (χ3n) is 3.05. The van der Waals surface area contributed by atoms with Crippen LogP contribution in [0.2, 0.25) is 0 Å². The highest BCUT2D eigenvalue weighted by Gasteiger charge is 2.20. The van der Waals surface area contributed by atoms with Gasteiger partial charge in [0.1, 0.15) is 5.01 Å². The first kappa shape index (κ1) is 13.9. The molecule has 100 valence electrons. The lowest BCUT2D eigenvalue weighted by molar-refractivity contribution is 0.482. The highest BCUT2D eigenvalue weighted by atomic mass is 32.2. The smallest absolute Gasteiger partial charge is 0.157 e. The van der Waals surface area contributed by atoms with Gasteiger partial charge in [0, 0.05) is 16.8 Å². The van der Waals surface area contributed by atoms with Crippen LogP contribution in [-0.2, 0) is 0 Å². The third kappa shape index (κ3) is 3.48. The lowest BCUT2D eigenvalue weighted by atomic mass is 10.0. The van der Waals surface area contributed by atoms with Crippen molar-refractivity contribution in [2.75, 3.05) is 5.75 Å². The van der Waals surface area contributed by atoms with E-state index in [1.807, 2.05) is 18.7 Å². The summed E-state index contributed by atoms with van der Waals surface area (Å²) in [6.07, 6.45) is 1.19. The molecule has 2 atom stereocenters. The molecule has 0 amide bonds. The Morgan fingerprint density at radius 3 is 2.78 bits per heavy atom. The Labute approximate surface area is 118 Å². The number of nitrogens with zero attached hydrogens (tertiary/aromatic N) is 2. The molecule has 1 aliphatic heterocycles. The van der Waals surface area contributed by atoms with E-state index in [-0.39, 0.29) is 6.04 Å². The molecular weight excluding hydrogens is 262 g/mol. The fraction of sp³-hybridized carbons (Fsp3) is 0.692. The summed E-state index contributed by atoms with van der Waals surface area (Å²) in [6.45, 7) is 8.68. The molecule has 2 rings (SSSR count). The van der Waals surface area contributed by atoms with Gasteiger partial charge in [-0.3, -0.25) is 4.99 Å². The molecule has 2 heterocycles. The summed E-state index contributed by atoms with van der Waals surface area (Å²) in [5.74, 6) is 1.79. The molecule has 0 bridgehead atoms. The van der Waals surface area contributed by atoms with E-state index >= 15 is 0 Å². The average molecular weight is 283 g/mol. The first-order valence-corrected chi connectivity index (χ1v) is 8.32. The van der Waals surface area contributed by atoms with Gasteiger partial charge in [-0.15, -0.1) is 11.3 Å². The van der Waals surface area contributed by atoms with Gasteiger partial charge in [0.25, 0.3) is 0 Å². The van der Waals surface area contributed by atoms with Crippen molar-refractivity contribution in [3.8, 4) is 0 Å². The quantitative estimate of drug-likeness (QED) is 0.920. The van der Waals surface area contributed by atoms with Gasteiger partial charge in [0.05, 0.1) is 12.1 Å². The van der Waals surface area contributed by atoms with Crippen LogP contribution in [0, 0.1) is 12.8 Å². The predicted molar refractivity (Wildman–Crippen MR) is 81.5 cm³/mol. The lowest BCUT2D eigenvalue weighted by Gasteiger charge is -2.24. The Morgan fingerprint density at radius 2 is 2.17 bits per heavy atom. The number of aliphatic imine (C=N–C) groups is 1. The molecule has 0 aromatic carbocycles. The van der Waals surface area contributed by atoms with E-state index in [9.17, 15) is 0 Å². The van der Waals surface area contributed by atoms with Crippen molar-refractivity contribution >= 4 is 28.3 Å². The second kappa shape index (κ2) is 6.06. The van der Waals surface area contributed by atoms with Crippen molar-refractivity contribution < 1.29 is 0 Å². The zero-order valence-corrected chi connectivity index (χ0v) is 13.1. The Balaban J connectivity index is 2.00. The summed E-state index contributed by atoms with van der Waals surface area (Å²) in [6, 6.07) is 0.722. The third-order valence-corrected chi connectivity index (χ3v) is 5.13. The maximum atomic E-state index is 4.80. The van der Waals surface area contributed by atoms with Crippen LogP contribution in [0.25, 0.3) is 0 Å². The SMILES string of the molecule is Cc1csc(C(C)NC2=NC(C(C)C)CCS2)n1. The number of thiazole rings is 1. The molecule has 0 spiro atoms. The van der Waals surface area contributed by atoms with Crippen LogP contribution in [0.4, 0.5) is 0 Å². The fourth-order valence-corrected chi connectivity index (χ4v) is 3.73. The number of thioether (sulfide) groups is 1. The molecule has 1 aromatic rings. The number of aryl methyl sites for hydroxylation is 1. The average Bonchev–Trinajstić information content (AvgIpc) is 2.76. The molecule has 2 unspecified atom stereocenters. The number of amidine groups is 1. The van der Waals surface area contributed by atoms with Crippen molar-refractivity contribution in [1.82, 2.24) is 10.3 Å². The minimum absolute atomic E-state index is 0.251. The van der Waals surface area contributed by atoms with Crippen molar-refractivity contribution in [1.29, 1.82) is 0 Å². The first-order valence-electron chi connectivity index (χ1n) is 6.45. The van der Waals surface area contributed by atoms with Gasteiger partial charge in [0.15, 0.2) is 5.17 Å². The highest BCUT2D eigenvalue weighted by Crippen LogP contribution is 2.24. The van der Waals surface area contributed by atoms with Crippen molar-refractivity contribution in [2.45, 2.75) is 46.2 Å². The molecule has 18 heavy (non-hydrogen) atoms. The maximum Gasteiger partial charge on any atom is 0.157 e. The maximum absolute atomic E-state index is 4.80. The Bertz CT molecular complexity index is 426. The minimum Gasteiger partial charge on any atom is -0.356 e. The van der Waals surface area contributed by atoms with Gasteiger partial charge in [-0.05, 0) is 26.2 Å². The normalized spacial score (nSPS) is 21.8. The van der Waals surface area contributed by atoms with E-state index in [1.165, 1.54) is 6.42 Å². The molecule has 3 nitrogen and oxygen atoms in total. The van der Waals surface area contributed by atoms with Gasteiger partial charge >= 0.3 is 0 Å². The second-order valence-corrected chi connectivity index (χ2v) is 7.05. The number of hydrogen-bond acceptors (Lipinski definition) is 5. The van der Waals surface area contributed by atoms with Crippen molar-refractivity contribution in [2.24, 2.45) is 10.9 Å². The van der Waals surface area contributed by atoms with Gasteiger partial charge in [-0.1, -0.05) is 25.6 Å². The summed E-state index contributed by atoms with van der Waals surface area (Å²) >= 11 is 3.55. The Kier molecular flexibility index (Phi) is 4.67. The fourth-order valence-electron chi connectivity index (χ4n) is 1.91. The molecular formula is C13H21N3S2. The van der Waals surface area contributed by atoms with Gasteiger partial charge in [-0.25, -0.2) is 4.98 Å². The lowest BCUT2D eigenvalue weighted by Crippen LogP contribution is -2.30. The standard InChI is InChI=1S/C13H21N3S2/c1-8(2)11-5-6-17-13(16-11)15-10(4)12-14-9(3)7-18-12/h7-8,10-11H,5-6H2,1-4H3,(H,15,16). The Hall–Kier alpha value is -0.550. The number of hydrogen-bond donors (Lipinski definition) is 1. The molecule has 1 N–H and O–H groups in total. The summed E-state index contributed by atoms with van der Waals surface area (Å²) < 4.78 is 0. The van der Waals surface area contributed by atoms with Crippen molar-refractivity contribution in [3.05, 3.63) is 16.1 Å². The zero-order valence-electron chi connectivity index (χ0n) is 11.4. The van der Waals surface area contributed by atoms with Crippen LogP contribution in [-0.4, -0.2) is 21.9 Å². The number of nitrogens with one attached hydrogen (secondary N) is 1. The highest BCUT2D eigenvalue weighted by molar-refractivity contribution is 8.13. The van der Waals surface area contributed by atoms with E-state index in [1.54, 1.807) is 11.3 Å². The van der Waals surface area contributed by atoms with E-state index in [0.29, 0.717) is 12.0 Å². The summed E-state index contributed by atoms with van der Waals surface area (Å²) in [4.78, 5) is 9.32.